The summed E-state index contributed by atoms with van der Waals surface area (Å²) in [6, 6.07) is 18.8. The summed E-state index contributed by atoms with van der Waals surface area (Å²) in [4.78, 5) is 5.40. The van der Waals surface area contributed by atoms with Crippen molar-refractivity contribution in [2.24, 2.45) is 10.9 Å². The van der Waals surface area contributed by atoms with Crippen LogP contribution < -0.4 is 4.74 Å². The van der Waals surface area contributed by atoms with Crippen molar-refractivity contribution in [1.82, 2.24) is 0 Å². The Balaban J connectivity index is 0.000000231. The highest BCUT2D eigenvalue weighted by molar-refractivity contribution is 9.10. The highest BCUT2D eigenvalue weighted by Crippen LogP contribution is 2.46. The molecule has 0 fully saturated rings. The number of aliphatic imine (C=N–C) groups is 1. The Kier molecular flexibility index (Phi) is 7.87. The molecule has 3 aromatic carbocycles. The Hall–Kier alpha value is -2.92. The molecule has 1 aliphatic heterocycles. The van der Waals surface area contributed by atoms with Crippen LogP contribution >= 0.6 is 38.9 Å². The molecule has 4 aromatic rings. The summed E-state index contributed by atoms with van der Waals surface area (Å²) in [5.41, 5.74) is 7.23. The van der Waals surface area contributed by atoms with Crippen molar-refractivity contribution in [1.29, 1.82) is 0 Å². The third kappa shape index (κ3) is 5.30. The van der Waals surface area contributed by atoms with Gasteiger partial charge in [0, 0.05) is 33.6 Å². The van der Waals surface area contributed by atoms with Crippen molar-refractivity contribution in [3.63, 3.8) is 0 Å². The zero-order valence-corrected chi connectivity index (χ0v) is 25.0. The first-order chi connectivity index (χ1) is 19.1. The maximum Gasteiger partial charge on any atom is 0.147 e. The van der Waals surface area contributed by atoms with E-state index in [2.05, 4.69) is 87.9 Å². The van der Waals surface area contributed by atoms with E-state index in [0.717, 1.165) is 29.5 Å². The van der Waals surface area contributed by atoms with Crippen molar-refractivity contribution in [2.75, 3.05) is 0 Å². The number of hydrogen-bond donors (Lipinski definition) is 0. The van der Waals surface area contributed by atoms with Crippen LogP contribution in [0, 0.1) is 5.92 Å². The lowest BCUT2D eigenvalue weighted by molar-refractivity contribution is 0.487. The van der Waals surface area contributed by atoms with Crippen LogP contribution in [0.2, 0.25) is 5.02 Å². The molecule has 196 valence electrons. The van der Waals surface area contributed by atoms with E-state index in [9.17, 15) is 0 Å². The van der Waals surface area contributed by atoms with Crippen molar-refractivity contribution >= 4 is 67.5 Å². The normalized spacial score (nSPS) is 17.2. The van der Waals surface area contributed by atoms with Gasteiger partial charge in [-0.1, -0.05) is 66.6 Å². The minimum atomic E-state index is 0.598. The van der Waals surface area contributed by atoms with Crippen molar-refractivity contribution in [2.45, 2.75) is 39.0 Å². The molecule has 0 amide bonds. The minimum absolute atomic E-state index is 0.598. The number of hydrogen-bond acceptors (Lipinski definition) is 3. The predicted molar refractivity (Wildman–Crippen MR) is 172 cm³/mol. The van der Waals surface area contributed by atoms with Crippen LogP contribution in [0.15, 0.2) is 93.4 Å². The topological polar surface area (TPSA) is 21.6 Å². The smallest absolute Gasteiger partial charge is 0.147 e. The standard InChI is InChI=1S/C26H22BrClO.C8H7NS/c1-2-16-15-21-20(19-9-4-3-8-18(16)19)14-13-17-7-5-11-23(25(17)21)29-24-12-6-10-22(27)26(24)28;1-4-9-5-2-8-7(1)3-6-10-8/h4-7,9-14,16H,2-3,8,15H2,1H3;2-6H,1H2. The molecule has 7 rings (SSSR count). The maximum atomic E-state index is 6.49. The van der Waals surface area contributed by atoms with E-state index in [1.165, 1.54) is 50.8 Å². The summed E-state index contributed by atoms with van der Waals surface area (Å²) in [6.45, 7) is 2.31. The lowest BCUT2D eigenvalue weighted by Gasteiger charge is -2.32. The lowest BCUT2D eigenvalue weighted by Crippen LogP contribution is -2.17. The van der Waals surface area contributed by atoms with Gasteiger partial charge in [-0.15, -0.1) is 11.3 Å². The van der Waals surface area contributed by atoms with Crippen LogP contribution in [0.1, 0.15) is 47.8 Å². The van der Waals surface area contributed by atoms with E-state index >= 15 is 0 Å². The Morgan fingerprint density at radius 1 is 1.05 bits per heavy atom. The first-order valence-electron chi connectivity index (χ1n) is 13.4. The number of thiophene rings is 1. The summed E-state index contributed by atoms with van der Waals surface area (Å²) >= 11 is 11.8. The fourth-order valence-corrected chi connectivity index (χ4v) is 7.10. The van der Waals surface area contributed by atoms with Crippen LogP contribution in [-0.4, -0.2) is 6.21 Å². The Morgan fingerprint density at radius 3 is 2.82 bits per heavy atom. The fraction of sp³-hybridized carbons (Fsp3) is 0.206. The van der Waals surface area contributed by atoms with Gasteiger partial charge in [-0.05, 0) is 111 Å². The number of halogens is 2. The summed E-state index contributed by atoms with van der Waals surface area (Å²) in [7, 11) is 0. The second-order valence-corrected chi connectivity index (χ2v) is 12.1. The molecule has 39 heavy (non-hydrogen) atoms. The van der Waals surface area contributed by atoms with E-state index in [-0.39, 0.29) is 0 Å². The van der Waals surface area contributed by atoms with Gasteiger partial charge in [-0.2, -0.15) is 0 Å². The number of ether oxygens (including phenoxy) is 1. The lowest BCUT2D eigenvalue weighted by atomic mass is 9.73. The molecular weight excluding hydrogens is 586 g/mol. The minimum Gasteiger partial charge on any atom is -0.455 e. The number of benzene rings is 3. The molecule has 1 atom stereocenters. The first kappa shape index (κ1) is 26.3. The second kappa shape index (κ2) is 11.7. The highest BCUT2D eigenvalue weighted by atomic mass is 79.9. The van der Waals surface area contributed by atoms with Gasteiger partial charge < -0.3 is 4.74 Å². The average Bonchev–Trinajstić information content (AvgIpc) is 3.30. The van der Waals surface area contributed by atoms with Gasteiger partial charge in [-0.25, -0.2) is 0 Å². The first-order valence-corrected chi connectivity index (χ1v) is 15.5. The highest BCUT2D eigenvalue weighted by Gasteiger charge is 2.28. The quantitative estimate of drug-likeness (QED) is 0.225. The second-order valence-electron chi connectivity index (χ2n) is 9.95. The van der Waals surface area contributed by atoms with Crippen LogP contribution in [0.3, 0.4) is 0 Å². The summed E-state index contributed by atoms with van der Waals surface area (Å²) < 4.78 is 7.22. The van der Waals surface area contributed by atoms with E-state index < -0.39 is 0 Å². The molecule has 0 radical (unpaired) electrons. The zero-order chi connectivity index (χ0) is 26.8. The third-order valence-corrected chi connectivity index (χ3v) is 9.90. The molecule has 2 nitrogen and oxygen atoms in total. The van der Waals surface area contributed by atoms with Gasteiger partial charge in [0.05, 0.1) is 5.02 Å². The fourth-order valence-electron chi connectivity index (χ4n) is 5.76. The van der Waals surface area contributed by atoms with Crippen molar-refractivity contribution in [3.8, 4) is 11.5 Å². The summed E-state index contributed by atoms with van der Waals surface area (Å²) in [5.74, 6) is 2.15. The Labute approximate surface area is 247 Å². The Bertz CT molecular complexity index is 1660. The summed E-state index contributed by atoms with van der Waals surface area (Å²) in [5, 5.41) is 5.14. The largest absolute Gasteiger partial charge is 0.455 e. The van der Waals surface area contributed by atoms with E-state index in [1.54, 1.807) is 16.9 Å². The predicted octanol–water partition coefficient (Wildman–Crippen LogP) is 11.1. The molecule has 1 aromatic heterocycles. The van der Waals surface area contributed by atoms with Gasteiger partial charge in [0.15, 0.2) is 0 Å². The molecule has 0 bridgehead atoms. The van der Waals surface area contributed by atoms with Gasteiger partial charge in [-0.3, -0.25) is 4.99 Å². The van der Waals surface area contributed by atoms with Crippen molar-refractivity contribution < 1.29 is 4.74 Å². The summed E-state index contributed by atoms with van der Waals surface area (Å²) in [6.07, 6.45) is 16.1. The van der Waals surface area contributed by atoms with Crippen LogP contribution in [0.4, 0.5) is 0 Å². The SMILES string of the molecule is C1=Cc2sccc2CC=N1.CCC1Cc2c(ccc3cccc(Oc4cccc(Br)c4Cl)c23)C2=C1CCC=C2. The van der Waals surface area contributed by atoms with Crippen LogP contribution in [0.5, 0.6) is 11.5 Å². The van der Waals surface area contributed by atoms with Gasteiger partial charge in [0.1, 0.15) is 11.5 Å². The maximum absolute atomic E-state index is 6.49. The third-order valence-electron chi connectivity index (χ3n) is 7.70. The van der Waals surface area contributed by atoms with E-state index in [4.69, 9.17) is 16.3 Å². The number of rotatable bonds is 3. The molecule has 2 aliphatic carbocycles. The monoisotopic (exact) mass is 613 g/mol. The molecule has 0 saturated carbocycles. The molecule has 2 heterocycles. The molecule has 0 N–H and O–H groups in total. The molecule has 5 heteroatoms. The molecule has 0 saturated heterocycles. The Morgan fingerprint density at radius 2 is 1.92 bits per heavy atom. The average molecular weight is 615 g/mol. The van der Waals surface area contributed by atoms with Gasteiger partial charge >= 0.3 is 0 Å². The molecule has 1 unspecified atom stereocenters. The van der Waals surface area contributed by atoms with E-state index in [1.807, 2.05) is 30.6 Å². The molecular formula is C34H29BrClNOS. The molecule has 0 spiro atoms. The number of nitrogens with zero attached hydrogens (tertiary/aromatic N) is 1. The van der Waals surface area contributed by atoms with E-state index in [0.29, 0.717) is 16.7 Å². The van der Waals surface area contributed by atoms with Crippen LogP contribution in [0.25, 0.3) is 22.4 Å². The number of fused-ring (bicyclic) bond motifs is 5. The van der Waals surface area contributed by atoms with Crippen molar-refractivity contribution in [3.05, 3.63) is 115 Å². The van der Waals surface area contributed by atoms with Gasteiger partial charge in [0.2, 0.25) is 0 Å². The zero-order valence-electron chi connectivity index (χ0n) is 21.8. The number of allylic oxidation sites excluding steroid dienone is 4. The molecule has 3 aliphatic rings. The van der Waals surface area contributed by atoms with Crippen LogP contribution in [-0.2, 0) is 12.8 Å². The van der Waals surface area contributed by atoms with Gasteiger partial charge in [0.25, 0.3) is 0 Å².